The van der Waals surface area contributed by atoms with Crippen LogP contribution in [-0.4, -0.2) is 81.2 Å². The molecule has 172 valence electrons. The monoisotopic (exact) mass is 472 g/mol. The van der Waals surface area contributed by atoms with Gasteiger partial charge in [0.15, 0.2) is 5.75 Å². The summed E-state index contributed by atoms with van der Waals surface area (Å²) in [5.41, 5.74) is 1.06. The van der Waals surface area contributed by atoms with E-state index in [1.807, 2.05) is 6.92 Å². The summed E-state index contributed by atoms with van der Waals surface area (Å²) in [7, 11) is -2.42. The molecule has 0 spiro atoms. The van der Waals surface area contributed by atoms with E-state index in [-0.39, 0.29) is 29.8 Å². The van der Waals surface area contributed by atoms with Gasteiger partial charge >= 0.3 is 6.03 Å². The molecule has 3 rings (SSSR count). The fourth-order valence-electron chi connectivity index (χ4n) is 3.79. The number of carbonyl (C=O) groups is 1. The number of hydrogen-bond donors (Lipinski definition) is 3. The summed E-state index contributed by atoms with van der Waals surface area (Å²) in [6.45, 7) is 4.88. The number of anilines is 1. The first-order chi connectivity index (χ1) is 14.7. The molecule has 1 unspecified atom stereocenters. The smallest absolute Gasteiger partial charge is 0.319 e. The molecule has 1 aromatic carbocycles. The minimum Gasteiger partial charge on any atom is -0.504 e. The Bertz CT molecular complexity index is 945. The Morgan fingerprint density at radius 2 is 2.00 bits per heavy atom. The molecule has 0 aromatic heterocycles. The number of carbonyl (C=O) groups excluding carboxylic acids is 1. The minimum atomic E-state index is -4.04. The summed E-state index contributed by atoms with van der Waals surface area (Å²) >= 11 is 6.17. The van der Waals surface area contributed by atoms with Gasteiger partial charge in [-0.15, -0.1) is 0 Å². The van der Waals surface area contributed by atoms with Crippen LogP contribution >= 0.6 is 11.6 Å². The van der Waals surface area contributed by atoms with E-state index in [2.05, 4.69) is 21.6 Å². The second-order valence-corrected chi connectivity index (χ2v) is 9.97. The van der Waals surface area contributed by atoms with Crippen molar-refractivity contribution in [2.24, 2.45) is 0 Å². The van der Waals surface area contributed by atoms with Crippen molar-refractivity contribution in [3.8, 4) is 5.75 Å². The van der Waals surface area contributed by atoms with Gasteiger partial charge in [0.25, 0.3) is 0 Å². The molecule has 11 heteroatoms. The molecule has 3 N–H and O–H groups in total. The highest BCUT2D eigenvalue weighted by Crippen LogP contribution is 2.38. The van der Waals surface area contributed by atoms with Gasteiger partial charge in [-0.1, -0.05) is 23.3 Å². The number of sulfonamides is 1. The summed E-state index contributed by atoms with van der Waals surface area (Å²) in [4.78, 5) is 14.1. The van der Waals surface area contributed by atoms with Crippen molar-refractivity contribution < 1.29 is 23.1 Å². The molecule has 31 heavy (non-hydrogen) atoms. The standard InChI is InChI=1S/C20H29ClN4O5S/c1-14-4-3-5-16(14)22-20(27)23-17-7-6-15(21)19(18(17)26)31(28,29)25-10-8-24(9-11-25)12-13-30-2/h4,6-7,16,26H,3,5,8-13H2,1-2H3,(H2,22,23,27). The number of allylic oxidation sites excluding steroid dienone is 1. The number of ether oxygens (including phenoxy) is 1. The third-order valence-corrected chi connectivity index (χ3v) is 8.05. The lowest BCUT2D eigenvalue weighted by Gasteiger charge is -2.34. The zero-order valence-corrected chi connectivity index (χ0v) is 19.3. The van der Waals surface area contributed by atoms with Gasteiger partial charge in [0, 0.05) is 39.8 Å². The van der Waals surface area contributed by atoms with Gasteiger partial charge in [0.05, 0.1) is 23.4 Å². The summed E-state index contributed by atoms with van der Waals surface area (Å²) in [5, 5.41) is 16.0. The maximum atomic E-state index is 13.2. The number of phenols is 1. The van der Waals surface area contributed by atoms with Crippen molar-refractivity contribution in [3.05, 3.63) is 28.8 Å². The van der Waals surface area contributed by atoms with E-state index in [0.29, 0.717) is 19.7 Å². The number of rotatable bonds is 7. The van der Waals surface area contributed by atoms with Gasteiger partial charge < -0.3 is 20.5 Å². The predicted molar refractivity (Wildman–Crippen MR) is 119 cm³/mol. The van der Waals surface area contributed by atoms with E-state index >= 15 is 0 Å². The first-order valence-electron chi connectivity index (χ1n) is 10.2. The molecule has 0 saturated carbocycles. The number of nitrogens with one attached hydrogen (secondary N) is 2. The first-order valence-corrected chi connectivity index (χ1v) is 12.0. The highest BCUT2D eigenvalue weighted by atomic mass is 35.5. The maximum Gasteiger partial charge on any atom is 0.319 e. The molecule has 1 aliphatic heterocycles. The van der Waals surface area contributed by atoms with Crippen LogP contribution in [-0.2, 0) is 14.8 Å². The van der Waals surface area contributed by atoms with Gasteiger partial charge in [0.1, 0.15) is 4.90 Å². The summed E-state index contributed by atoms with van der Waals surface area (Å²) in [6, 6.07) is 2.15. The van der Waals surface area contributed by atoms with Crippen LogP contribution in [0.2, 0.25) is 5.02 Å². The fraction of sp³-hybridized carbons (Fsp3) is 0.550. The number of amides is 2. The number of methoxy groups -OCH3 is 1. The van der Waals surface area contributed by atoms with E-state index in [4.69, 9.17) is 16.3 Å². The van der Waals surface area contributed by atoms with Crippen LogP contribution < -0.4 is 10.6 Å². The highest BCUT2D eigenvalue weighted by Gasteiger charge is 2.33. The number of halogens is 1. The molecule has 1 heterocycles. The van der Waals surface area contributed by atoms with E-state index in [1.54, 1.807) is 7.11 Å². The number of benzene rings is 1. The average molecular weight is 473 g/mol. The molecule has 2 aliphatic rings. The number of aromatic hydroxyl groups is 1. The van der Waals surface area contributed by atoms with Crippen LogP contribution in [0.4, 0.5) is 10.5 Å². The van der Waals surface area contributed by atoms with Crippen molar-refractivity contribution in [2.45, 2.75) is 30.7 Å². The van der Waals surface area contributed by atoms with Crippen LogP contribution in [0.3, 0.4) is 0 Å². The topological polar surface area (TPSA) is 111 Å². The van der Waals surface area contributed by atoms with Gasteiger partial charge in [0.2, 0.25) is 10.0 Å². The zero-order valence-electron chi connectivity index (χ0n) is 17.7. The number of phenolic OH excluding ortho intramolecular Hbond substituents is 1. The van der Waals surface area contributed by atoms with Gasteiger partial charge in [-0.3, -0.25) is 4.90 Å². The maximum absolute atomic E-state index is 13.2. The van der Waals surface area contributed by atoms with Crippen molar-refractivity contribution >= 4 is 33.3 Å². The average Bonchev–Trinajstić information content (AvgIpc) is 3.13. The Hall–Kier alpha value is -1.85. The molecule has 1 atom stereocenters. The van der Waals surface area contributed by atoms with Crippen LogP contribution in [0.5, 0.6) is 5.75 Å². The molecule has 9 nitrogen and oxygen atoms in total. The molecule has 1 aliphatic carbocycles. The van der Waals surface area contributed by atoms with Gasteiger partial charge in [-0.05, 0) is 31.9 Å². The Labute approximate surface area is 188 Å². The SMILES string of the molecule is COCCN1CCN(S(=O)(=O)c2c(Cl)ccc(NC(=O)NC3CCC=C3C)c2O)CC1. The number of urea groups is 1. The molecule has 0 radical (unpaired) electrons. The van der Waals surface area contributed by atoms with Crippen molar-refractivity contribution in [2.75, 3.05) is 51.8 Å². The van der Waals surface area contributed by atoms with E-state index in [1.165, 1.54) is 16.4 Å². The van der Waals surface area contributed by atoms with Crippen molar-refractivity contribution in [3.63, 3.8) is 0 Å². The second kappa shape index (κ2) is 10.2. The van der Waals surface area contributed by atoms with E-state index < -0.39 is 26.7 Å². The lowest BCUT2D eigenvalue weighted by Crippen LogP contribution is -2.49. The molecule has 2 amide bonds. The van der Waals surface area contributed by atoms with Crippen LogP contribution in [0.15, 0.2) is 28.7 Å². The Kier molecular flexibility index (Phi) is 7.82. The number of hydrogen-bond acceptors (Lipinski definition) is 6. The summed E-state index contributed by atoms with van der Waals surface area (Å²) < 4.78 is 32.8. The number of piperazine rings is 1. The Balaban J connectivity index is 1.74. The second-order valence-electron chi connectivity index (χ2n) is 7.69. The minimum absolute atomic E-state index is 0.0150. The largest absolute Gasteiger partial charge is 0.504 e. The molecule has 1 fully saturated rings. The van der Waals surface area contributed by atoms with Crippen LogP contribution in [0.1, 0.15) is 19.8 Å². The van der Waals surface area contributed by atoms with Gasteiger partial charge in [-0.2, -0.15) is 4.31 Å². The molecular formula is C20H29ClN4O5S. The number of nitrogens with zero attached hydrogens (tertiary/aromatic N) is 2. The first kappa shape index (κ1) is 23.8. The zero-order chi connectivity index (χ0) is 22.6. The molecule has 1 saturated heterocycles. The third kappa shape index (κ3) is 5.50. The quantitative estimate of drug-likeness (QED) is 0.414. The third-order valence-electron chi connectivity index (χ3n) is 5.65. The Morgan fingerprint density at radius 1 is 1.29 bits per heavy atom. The molecule has 1 aromatic rings. The van der Waals surface area contributed by atoms with E-state index in [0.717, 1.165) is 25.0 Å². The lowest BCUT2D eigenvalue weighted by molar-refractivity contribution is 0.123. The normalized spacial score (nSPS) is 20.5. The molecular weight excluding hydrogens is 444 g/mol. The van der Waals surface area contributed by atoms with Crippen LogP contribution in [0.25, 0.3) is 0 Å². The van der Waals surface area contributed by atoms with E-state index in [9.17, 15) is 18.3 Å². The predicted octanol–water partition coefficient (Wildman–Crippen LogP) is 2.23. The summed E-state index contributed by atoms with van der Waals surface area (Å²) in [5.74, 6) is -0.567. The Morgan fingerprint density at radius 3 is 2.61 bits per heavy atom. The molecule has 0 bridgehead atoms. The van der Waals surface area contributed by atoms with Crippen molar-refractivity contribution in [1.29, 1.82) is 0 Å². The van der Waals surface area contributed by atoms with Gasteiger partial charge in [-0.25, -0.2) is 13.2 Å². The fourth-order valence-corrected chi connectivity index (χ4v) is 5.80. The highest BCUT2D eigenvalue weighted by molar-refractivity contribution is 7.89. The summed E-state index contributed by atoms with van der Waals surface area (Å²) in [6.07, 6.45) is 3.76. The van der Waals surface area contributed by atoms with Crippen molar-refractivity contribution in [1.82, 2.24) is 14.5 Å². The van der Waals surface area contributed by atoms with Crippen LogP contribution in [0, 0.1) is 0 Å². The lowest BCUT2D eigenvalue weighted by atomic mass is 10.2.